The molecular formula is C16H14F3NO2. The van der Waals surface area contributed by atoms with Gasteiger partial charge in [0.1, 0.15) is 0 Å². The summed E-state index contributed by atoms with van der Waals surface area (Å²) in [6.07, 6.45) is -4.69. The van der Waals surface area contributed by atoms with E-state index in [-0.39, 0.29) is 12.3 Å². The lowest BCUT2D eigenvalue weighted by Crippen LogP contribution is -2.16. The minimum Gasteiger partial charge on any atom is -0.449 e. The van der Waals surface area contributed by atoms with Crippen LogP contribution in [0.15, 0.2) is 54.6 Å². The van der Waals surface area contributed by atoms with Crippen LogP contribution in [-0.4, -0.2) is 12.7 Å². The highest BCUT2D eigenvalue weighted by Gasteiger charge is 2.30. The van der Waals surface area contributed by atoms with Crippen LogP contribution in [0.3, 0.4) is 0 Å². The summed E-state index contributed by atoms with van der Waals surface area (Å²) < 4.78 is 42.6. The van der Waals surface area contributed by atoms with E-state index in [2.05, 4.69) is 5.32 Å². The summed E-state index contributed by atoms with van der Waals surface area (Å²) in [5, 5.41) is 2.28. The van der Waals surface area contributed by atoms with E-state index in [1.807, 2.05) is 30.3 Å². The normalized spacial score (nSPS) is 11.0. The molecule has 116 valence electrons. The van der Waals surface area contributed by atoms with E-state index in [0.717, 1.165) is 17.7 Å². The average molecular weight is 309 g/mol. The van der Waals surface area contributed by atoms with Crippen molar-refractivity contribution in [1.29, 1.82) is 0 Å². The van der Waals surface area contributed by atoms with Crippen molar-refractivity contribution in [2.45, 2.75) is 12.6 Å². The number of alkyl halides is 3. The quantitative estimate of drug-likeness (QED) is 0.903. The number of hydrogen-bond acceptors (Lipinski definition) is 2. The molecule has 0 saturated carbocycles. The van der Waals surface area contributed by atoms with Gasteiger partial charge in [0, 0.05) is 12.1 Å². The Morgan fingerprint density at radius 1 is 1.05 bits per heavy atom. The topological polar surface area (TPSA) is 38.3 Å². The number of benzene rings is 2. The summed E-state index contributed by atoms with van der Waals surface area (Å²) in [7, 11) is 0. The van der Waals surface area contributed by atoms with E-state index in [0.29, 0.717) is 6.42 Å². The van der Waals surface area contributed by atoms with Crippen molar-refractivity contribution in [2.75, 3.05) is 11.9 Å². The summed E-state index contributed by atoms with van der Waals surface area (Å²) in [6, 6.07) is 13.8. The first-order valence-corrected chi connectivity index (χ1v) is 6.60. The molecule has 3 nitrogen and oxygen atoms in total. The first kappa shape index (κ1) is 15.9. The molecule has 0 aliphatic heterocycles. The Morgan fingerprint density at radius 2 is 1.77 bits per heavy atom. The third-order valence-electron chi connectivity index (χ3n) is 2.90. The molecule has 0 bridgehead atoms. The number of ether oxygens (including phenoxy) is 1. The highest BCUT2D eigenvalue weighted by molar-refractivity contribution is 5.84. The standard InChI is InChI=1S/C16H14F3NO2/c17-16(18,19)13-7-4-8-14(11-13)20-15(21)22-10-9-12-5-2-1-3-6-12/h1-8,11H,9-10H2,(H,20,21). The molecule has 2 aromatic carbocycles. The molecule has 2 rings (SSSR count). The molecule has 0 aliphatic rings. The van der Waals surface area contributed by atoms with E-state index in [9.17, 15) is 18.0 Å². The number of rotatable bonds is 4. The van der Waals surface area contributed by atoms with Crippen LogP contribution >= 0.6 is 0 Å². The Labute approximate surface area is 125 Å². The predicted octanol–water partition coefficient (Wildman–Crippen LogP) is 4.50. The van der Waals surface area contributed by atoms with E-state index in [4.69, 9.17) is 4.74 Å². The van der Waals surface area contributed by atoms with Crippen molar-refractivity contribution in [1.82, 2.24) is 0 Å². The number of nitrogens with one attached hydrogen (secondary N) is 1. The smallest absolute Gasteiger partial charge is 0.416 e. The largest absolute Gasteiger partial charge is 0.449 e. The van der Waals surface area contributed by atoms with Gasteiger partial charge in [0.05, 0.1) is 12.2 Å². The highest BCUT2D eigenvalue weighted by Crippen LogP contribution is 2.30. The zero-order chi connectivity index (χ0) is 16.0. The molecule has 1 N–H and O–H groups in total. The van der Waals surface area contributed by atoms with Gasteiger partial charge in [-0.05, 0) is 23.8 Å². The Hall–Kier alpha value is -2.50. The van der Waals surface area contributed by atoms with Crippen LogP contribution in [0.5, 0.6) is 0 Å². The van der Waals surface area contributed by atoms with Crippen molar-refractivity contribution in [2.24, 2.45) is 0 Å². The van der Waals surface area contributed by atoms with Crippen LogP contribution in [0.4, 0.5) is 23.7 Å². The number of carbonyl (C=O) groups is 1. The molecule has 0 spiro atoms. The zero-order valence-corrected chi connectivity index (χ0v) is 11.6. The lowest BCUT2D eigenvalue weighted by Gasteiger charge is -2.10. The molecule has 1 amide bonds. The molecule has 2 aromatic rings. The summed E-state index contributed by atoms with van der Waals surface area (Å²) in [4.78, 5) is 11.5. The lowest BCUT2D eigenvalue weighted by atomic mass is 10.2. The predicted molar refractivity (Wildman–Crippen MR) is 76.6 cm³/mol. The second kappa shape index (κ2) is 6.98. The molecule has 0 fully saturated rings. The Bertz CT molecular complexity index is 627. The number of anilines is 1. The van der Waals surface area contributed by atoms with Gasteiger partial charge < -0.3 is 4.74 Å². The fourth-order valence-electron chi connectivity index (χ4n) is 1.83. The van der Waals surface area contributed by atoms with Crippen LogP contribution < -0.4 is 5.32 Å². The van der Waals surface area contributed by atoms with E-state index in [1.54, 1.807) is 0 Å². The van der Waals surface area contributed by atoms with Crippen LogP contribution in [-0.2, 0) is 17.3 Å². The van der Waals surface area contributed by atoms with Crippen LogP contribution in [0, 0.1) is 0 Å². The summed E-state index contributed by atoms with van der Waals surface area (Å²) in [5.74, 6) is 0. The maximum Gasteiger partial charge on any atom is 0.416 e. The van der Waals surface area contributed by atoms with Gasteiger partial charge in [0.25, 0.3) is 0 Å². The fourth-order valence-corrected chi connectivity index (χ4v) is 1.83. The molecule has 0 aliphatic carbocycles. The number of amides is 1. The SMILES string of the molecule is O=C(Nc1cccc(C(F)(F)F)c1)OCCc1ccccc1. The van der Waals surface area contributed by atoms with Gasteiger partial charge in [-0.1, -0.05) is 36.4 Å². The van der Waals surface area contributed by atoms with Crippen molar-refractivity contribution in [3.8, 4) is 0 Å². The van der Waals surface area contributed by atoms with E-state index in [1.165, 1.54) is 12.1 Å². The van der Waals surface area contributed by atoms with Gasteiger partial charge in [-0.15, -0.1) is 0 Å². The van der Waals surface area contributed by atoms with Gasteiger partial charge in [0.2, 0.25) is 0 Å². The molecular weight excluding hydrogens is 295 g/mol. The summed E-state index contributed by atoms with van der Waals surface area (Å²) >= 11 is 0. The van der Waals surface area contributed by atoms with Gasteiger partial charge in [0.15, 0.2) is 0 Å². The minimum atomic E-state index is -4.45. The summed E-state index contributed by atoms with van der Waals surface area (Å²) in [5.41, 5.74) is 0.225. The monoisotopic (exact) mass is 309 g/mol. The molecule has 6 heteroatoms. The van der Waals surface area contributed by atoms with Gasteiger partial charge in [-0.2, -0.15) is 13.2 Å². The maximum absolute atomic E-state index is 12.6. The molecule has 0 heterocycles. The fraction of sp³-hybridized carbons (Fsp3) is 0.188. The molecule has 0 radical (unpaired) electrons. The first-order chi connectivity index (χ1) is 10.4. The molecule has 22 heavy (non-hydrogen) atoms. The maximum atomic E-state index is 12.6. The molecule has 0 saturated heterocycles. The second-order valence-corrected chi connectivity index (χ2v) is 4.58. The third kappa shape index (κ3) is 4.80. The summed E-state index contributed by atoms with van der Waals surface area (Å²) in [6.45, 7) is 0.148. The average Bonchev–Trinajstić information content (AvgIpc) is 2.48. The Balaban J connectivity index is 1.84. The number of hydrogen-bond donors (Lipinski definition) is 1. The van der Waals surface area contributed by atoms with Gasteiger partial charge in [-0.3, -0.25) is 5.32 Å². The van der Waals surface area contributed by atoms with Crippen molar-refractivity contribution in [3.63, 3.8) is 0 Å². The van der Waals surface area contributed by atoms with Gasteiger partial charge >= 0.3 is 12.3 Å². The number of halogens is 3. The van der Waals surface area contributed by atoms with E-state index < -0.39 is 17.8 Å². The minimum absolute atomic E-state index is 0.0412. The Kier molecular flexibility index (Phi) is 5.04. The second-order valence-electron chi connectivity index (χ2n) is 4.58. The molecule has 0 atom stereocenters. The van der Waals surface area contributed by atoms with Crippen molar-refractivity contribution >= 4 is 11.8 Å². The molecule has 0 unspecified atom stereocenters. The van der Waals surface area contributed by atoms with Crippen LogP contribution in [0.1, 0.15) is 11.1 Å². The first-order valence-electron chi connectivity index (χ1n) is 6.60. The lowest BCUT2D eigenvalue weighted by molar-refractivity contribution is -0.137. The van der Waals surface area contributed by atoms with Crippen LogP contribution in [0.2, 0.25) is 0 Å². The van der Waals surface area contributed by atoms with Crippen molar-refractivity contribution in [3.05, 3.63) is 65.7 Å². The van der Waals surface area contributed by atoms with Crippen molar-refractivity contribution < 1.29 is 22.7 Å². The number of carbonyl (C=O) groups excluding carboxylic acids is 1. The third-order valence-corrected chi connectivity index (χ3v) is 2.90. The van der Waals surface area contributed by atoms with Gasteiger partial charge in [-0.25, -0.2) is 4.79 Å². The molecule has 0 aromatic heterocycles. The Morgan fingerprint density at radius 3 is 2.45 bits per heavy atom. The van der Waals surface area contributed by atoms with E-state index >= 15 is 0 Å². The highest BCUT2D eigenvalue weighted by atomic mass is 19.4. The van der Waals surface area contributed by atoms with Crippen LogP contribution in [0.25, 0.3) is 0 Å². The zero-order valence-electron chi connectivity index (χ0n) is 11.6.